The van der Waals surface area contributed by atoms with Crippen LogP contribution in [0.5, 0.6) is 0 Å². The number of rotatable bonds is 9. The molecule has 1 rings (SSSR count). The van der Waals surface area contributed by atoms with Gasteiger partial charge in [0, 0.05) is 12.7 Å². The monoisotopic (exact) mass is 241 g/mol. The van der Waals surface area contributed by atoms with Crippen LogP contribution in [0.3, 0.4) is 0 Å². The Morgan fingerprint density at radius 2 is 2.19 bits per heavy atom. The molecular formula is C12H23N3S. The first-order valence-electron chi connectivity index (χ1n) is 6.10. The van der Waals surface area contributed by atoms with E-state index in [4.69, 9.17) is 0 Å². The first kappa shape index (κ1) is 13.6. The fourth-order valence-electron chi connectivity index (χ4n) is 1.52. The Morgan fingerprint density at radius 3 is 2.88 bits per heavy atom. The van der Waals surface area contributed by atoms with Gasteiger partial charge in [-0.3, -0.25) is 4.68 Å². The van der Waals surface area contributed by atoms with Crippen molar-refractivity contribution in [3.63, 3.8) is 0 Å². The molecule has 1 N–H and O–H groups in total. The second-order valence-corrected chi connectivity index (χ2v) is 5.33. The van der Waals surface area contributed by atoms with Crippen molar-refractivity contribution in [3.8, 4) is 0 Å². The summed E-state index contributed by atoms with van der Waals surface area (Å²) in [6.07, 6.45) is 6.44. The van der Waals surface area contributed by atoms with Gasteiger partial charge in [-0.2, -0.15) is 16.9 Å². The number of aromatic nitrogens is 2. The van der Waals surface area contributed by atoms with Crippen LogP contribution >= 0.6 is 11.8 Å². The number of aryl methyl sites for hydroxylation is 2. The van der Waals surface area contributed by atoms with Crippen LogP contribution in [0.15, 0.2) is 12.4 Å². The number of thioether (sulfide) groups is 1. The molecule has 0 spiro atoms. The zero-order chi connectivity index (χ0) is 11.6. The third-order valence-corrected chi connectivity index (χ3v) is 3.34. The molecule has 0 fully saturated rings. The van der Waals surface area contributed by atoms with Crippen LogP contribution in [0.1, 0.15) is 25.3 Å². The highest BCUT2D eigenvalue weighted by Crippen LogP contribution is 1.99. The molecule has 1 heterocycles. The molecule has 0 unspecified atom stereocenters. The van der Waals surface area contributed by atoms with Gasteiger partial charge in [0.15, 0.2) is 0 Å². The quantitative estimate of drug-likeness (QED) is 0.673. The van der Waals surface area contributed by atoms with E-state index in [1.54, 1.807) is 0 Å². The Hall–Kier alpha value is -0.480. The third-order valence-electron chi connectivity index (χ3n) is 2.35. The van der Waals surface area contributed by atoms with Crippen LogP contribution in [-0.4, -0.2) is 34.4 Å². The average Bonchev–Trinajstić information content (AvgIpc) is 2.68. The summed E-state index contributed by atoms with van der Waals surface area (Å²) in [5, 5.41) is 7.73. The maximum atomic E-state index is 4.26. The second kappa shape index (κ2) is 8.65. The summed E-state index contributed by atoms with van der Waals surface area (Å²) >= 11 is 2.02. The number of nitrogens with zero attached hydrogens (tertiary/aromatic N) is 2. The number of hydrogen-bond acceptors (Lipinski definition) is 3. The molecule has 0 atom stereocenters. The maximum Gasteiger partial charge on any atom is 0.0518 e. The highest BCUT2D eigenvalue weighted by Gasteiger charge is 1.94. The van der Waals surface area contributed by atoms with Crippen molar-refractivity contribution in [1.29, 1.82) is 0 Å². The van der Waals surface area contributed by atoms with Gasteiger partial charge in [-0.25, -0.2) is 0 Å². The van der Waals surface area contributed by atoms with E-state index in [2.05, 4.69) is 30.5 Å². The lowest BCUT2D eigenvalue weighted by atomic mass is 10.4. The fourth-order valence-corrected chi connectivity index (χ4v) is 2.16. The summed E-state index contributed by atoms with van der Waals surface area (Å²) in [4.78, 5) is 0. The predicted octanol–water partition coefficient (Wildman–Crippen LogP) is 2.31. The van der Waals surface area contributed by atoms with Gasteiger partial charge < -0.3 is 5.32 Å². The Kier molecular flexibility index (Phi) is 7.34. The standard InChI is InChI=1S/C12H23N3S/c1-3-16-9-5-7-13-6-4-8-15-11-12(2)10-14-15/h10-11,13H,3-9H2,1-2H3. The molecule has 16 heavy (non-hydrogen) atoms. The van der Waals surface area contributed by atoms with E-state index >= 15 is 0 Å². The normalized spacial score (nSPS) is 10.9. The van der Waals surface area contributed by atoms with Gasteiger partial charge in [0.25, 0.3) is 0 Å². The van der Waals surface area contributed by atoms with Gasteiger partial charge in [-0.05, 0) is 49.9 Å². The van der Waals surface area contributed by atoms with Crippen molar-refractivity contribution >= 4 is 11.8 Å². The van der Waals surface area contributed by atoms with Gasteiger partial charge in [0.05, 0.1) is 6.20 Å². The second-order valence-electron chi connectivity index (χ2n) is 3.93. The summed E-state index contributed by atoms with van der Waals surface area (Å²) in [5.74, 6) is 2.51. The average molecular weight is 241 g/mol. The summed E-state index contributed by atoms with van der Waals surface area (Å²) in [5.41, 5.74) is 1.24. The molecule has 4 heteroatoms. The van der Waals surface area contributed by atoms with E-state index in [0.717, 1.165) is 26.1 Å². The molecule has 1 aromatic heterocycles. The van der Waals surface area contributed by atoms with Crippen LogP contribution in [0.4, 0.5) is 0 Å². The zero-order valence-corrected chi connectivity index (χ0v) is 11.2. The molecule has 92 valence electrons. The molecule has 3 nitrogen and oxygen atoms in total. The first-order valence-corrected chi connectivity index (χ1v) is 7.26. The van der Waals surface area contributed by atoms with Crippen molar-refractivity contribution < 1.29 is 0 Å². The Balaban J connectivity index is 1.88. The van der Waals surface area contributed by atoms with E-state index in [0.29, 0.717) is 0 Å². The highest BCUT2D eigenvalue weighted by atomic mass is 32.2. The summed E-state index contributed by atoms with van der Waals surface area (Å²) < 4.78 is 2.02. The molecule has 0 saturated carbocycles. The molecular weight excluding hydrogens is 218 g/mol. The molecule has 0 aliphatic carbocycles. The van der Waals surface area contributed by atoms with Gasteiger partial charge in [-0.1, -0.05) is 6.92 Å². The van der Waals surface area contributed by atoms with Crippen molar-refractivity contribution in [2.24, 2.45) is 0 Å². The zero-order valence-electron chi connectivity index (χ0n) is 10.4. The Morgan fingerprint density at radius 1 is 1.38 bits per heavy atom. The van der Waals surface area contributed by atoms with Crippen molar-refractivity contribution in [3.05, 3.63) is 18.0 Å². The third kappa shape index (κ3) is 6.18. The highest BCUT2D eigenvalue weighted by molar-refractivity contribution is 7.99. The SMILES string of the molecule is CCSCCCNCCCn1cc(C)cn1. The van der Waals surface area contributed by atoms with Gasteiger partial charge in [0.2, 0.25) is 0 Å². The van der Waals surface area contributed by atoms with Crippen molar-refractivity contribution in [2.45, 2.75) is 33.2 Å². The van der Waals surface area contributed by atoms with Crippen LogP contribution < -0.4 is 5.32 Å². The maximum absolute atomic E-state index is 4.26. The number of nitrogens with one attached hydrogen (secondary N) is 1. The van der Waals surface area contributed by atoms with Crippen molar-refractivity contribution in [2.75, 3.05) is 24.6 Å². The Bertz CT molecular complexity index is 273. The topological polar surface area (TPSA) is 29.9 Å². The minimum atomic E-state index is 1.02. The predicted molar refractivity (Wildman–Crippen MR) is 72.1 cm³/mol. The van der Waals surface area contributed by atoms with Crippen LogP contribution in [-0.2, 0) is 6.54 Å². The minimum Gasteiger partial charge on any atom is -0.317 e. The molecule has 0 aliphatic heterocycles. The van der Waals surface area contributed by atoms with Crippen LogP contribution in [0, 0.1) is 6.92 Å². The summed E-state index contributed by atoms with van der Waals surface area (Å²) in [6.45, 7) is 7.54. The Labute approximate surface area is 103 Å². The van der Waals surface area contributed by atoms with Gasteiger partial charge in [-0.15, -0.1) is 0 Å². The van der Waals surface area contributed by atoms with E-state index < -0.39 is 0 Å². The molecule has 0 saturated heterocycles. The lowest BCUT2D eigenvalue weighted by Gasteiger charge is -2.04. The summed E-state index contributed by atoms with van der Waals surface area (Å²) in [6, 6.07) is 0. The molecule has 0 amide bonds. The van der Waals surface area contributed by atoms with Gasteiger partial charge >= 0.3 is 0 Å². The number of hydrogen-bond donors (Lipinski definition) is 1. The lowest BCUT2D eigenvalue weighted by molar-refractivity contribution is 0.543. The van der Waals surface area contributed by atoms with E-state index in [9.17, 15) is 0 Å². The largest absolute Gasteiger partial charge is 0.317 e. The van der Waals surface area contributed by atoms with Crippen LogP contribution in [0.2, 0.25) is 0 Å². The molecule has 0 radical (unpaired) electrons. The lowest BCUT2D eigenvalue weighted by Crippen LogP contribution is -2.18. The van der Waals surface area contributed by atoms with E-state index in [1.165, 1.54) is 23.5 Å². The van der Waals surface area contributed by atoms with E-state index in [-0.39, 0.29) is 0 Å². The van der Waals surface area contributed by atoms with Gasteiger partial charge in [0.1, 0.15) is 0 Å². The molecule has 1 aromatic rings. The summed E-state index contributed by atoms with van der Waals surface area (Å²) in [7, 11) is 0. The van der Waals surface area contributed by atoms with E-state index in [1.807, 2.05) is 22.6 Å². The first-order chi connectivity index (χ1) is 7.83. The minimum absolute atomic E-state index is 1.02. The molecule has 0 aliphatic rings. The fraction of sp³-hybridized carbons (Fsp3) is 0.750. The van der Waals surface area contributed by atoms with Crippen molar-refractivity contribution in [1.82, 2.24) is 15.1 Å². The smallest absolute Gasteiger partial charge is 0.0518 e. The molecule has 0 bridgehead atoms. The van der Waals surface area contributed by atoms with Crippen LogP contribution in [0.25, 0.3) is 0 Å². The molecule has 0 aromatic carbocycles.